The number of benzene rings is 1. The summed E-state index contributed by atoms with van der Waals surface area (Å²) in [6.45, 7) is 9.77. The number of rotatable bonds is 9. The second-order valence-corrected chi connectivity index (χ2v) is 7.95. The molecule has 0 saturated heterocycles. The highest BCUT2D eigenvalue weighted by Gasteiger charge is 2.14. The van der Waals surface area contributed by atoms with Gasteiger partial charge < -0.3 is 10.1 Å². The number of hydrogen-bond acceptors (Lipinski definition) is 4. The third-order valence-corrected chi connectivity index (χ3v) is 5.12. The van der Waals surface area contributed by atoms with Crippen LogP contribution < -0.4 is 10.1 Å². The quantitative estimate of drug-likeness (QED) is 0.586. The summed E-state index contributed by atoms with van der Waals surface area (Å²) in [6.07, 6.45) is 3.02. The largest absolute Gasteiger partial charge is 0.497 e. The van der Waals surface area contributed by atoms with E-state index in [1.54, 1.807) is 11.8 Å². The molecule has 1 aromatic carbocycles. The minimum absolute atomic E-state index is 0.0180. The van der Waals surface area contributed by atoms with Gasteiger partial charge in [-0.1, -0.05) is 13.8 Å². The van der Waals surface area contributed by atoms with Gasteiger partial charge in [-0.05, 0) is 62.1 Å². The number of amides is 1. The zero-order valence-corrected chi connectivity index (χ0v) is 18.5. The number of aryl methyl sites for hydroxylation is 1. The van der Waals surface area contributed by atoms with Gasteiger partial charge in [0.1, 0.15) is 5.75 Å². The molecule has 0 spiro atoms. The van der Waals surface area contributed by atoms with Crippen molar-refractivity contribution in [2.45, 2.75) is 53.6 Å². The average Bonchev–Trinajstić information content (AvgIpc) is 3.29. The Balaban J connectivity index is 1.52. The maximum Gasteiger partial charge on any atom is 0.220 e. The lowest BCUT2D eigenvalue weighted by Crippen LogP contribution is -2.23. The van der Waals surface area contributed by atoms with E-state index in [-0.39, 0.29) is 5.91 Å². The van der Waals surface area contributed by atoms with E-state index in [4.69, 9.17) is 4.74 Å². The van der Waals surface area contributed by atoms with Crippen LogP contribution in [0.1, 0.15) is 42.9 Å². The number of aromatic nitrogens is 4. The molecule has 0 bridgehead atoms. The molecule has 7 heteroatoms. The maximum atomic E-state index is 12.4. The van der Waals surface area contributed by atoms with Crippen molar-refractivity contribution in [1.29, 1.82) is 0 Å². The number of carbonyl (C=O) groups is 1. The van der Waals surface area contributed by atoms with Crippen LogP contribution in [0.4, 0.5) is 0 Å². The first-order valence-corrected chi connectivity index (χ1v) is 10.4. The van der Waals surface area contributed by atoms with Gasteiger partial charge in [-0.15, -0.1) is 0 Å². The zero-order chi connectivity index (χ0) is 21.7. The van der Waals surface area contributed by atoms with Crippen molar-refractivity contribution in [3.63, 3.8) is 0 Å². The van der Waals surface area contributed by atoms with Gasteiger partial charge in [0.25, 0.3) is 0 Å². The van der Waals surface area contributed by atoms with Crippen LogP contribution >= 0.6 is 0 Å². The second kappa shape index (κ2) is 9.61. The van der Waals surface area contributed by atoms with E-state index in [0.717, 1.165) is 35.1 Å². The molecule has 0 aliphatic rings. The number of hydrogen-bond donors (Lipinski definition) is 1. The van der Waals surface area contributed by atoms with Crippen molar-refractivity contribution in [3.8, 4) is 11.4 Å². The summed E-state index contributed by atoms with van der Waals surface area (Å²) in [7, 11) is 1.64. The maximum absolute atomic E-state index is 12.4. The molecule has 0 saturated carbocycles. The third-order valence-electron chi connectivity index (χ3n) is 5.12. The van der Waals surface area contributed by atoms with Crippen molar-refractivity contribution >= 4 is 5.91 Å². The van der Waals surface area contributed by atoms with Crippen LogP contribution in [-0.2, 0) is 24.3 Å². The molecule has 2 aromatic heterocycles. The van der Waals surface area contributed by atoms with E-state index in [1.165, 1.54) is 5.56 Å². The normalized spacial score (nSPS) is 11.1. The van der Waals surface area contributed by atoms with Gasteiger partial charge in [0, 0.05) is 24.9 Å². The van der Waals surface area contributed by atoms with Crippen molar-refractivity contribution in [2.75, 3.05) is 7.11 Å². The molecule has 1 amide bonds. The molecule has 2 heterocycles. The number of nitrogens with zero attached hydrogens (tertiary/aromatic N) is 4. The Labute approximate surface area is 178 Å². The fraction of sp³-hybridized carbons (Fsp3) is 0.435. The average molecular weight is 410 g/mol. The van der Waals surface area contributed by atoms with Gasteiger partial charge in [0.15, 0.2) is 0 Å². The lowest BCUT2D eigenvalue weighted by molar-refractivity contribution is -0.121. The first-order valence-electron chi connectivity index (χ1n) is 10.4. The van der Waals surface area contributed by atoms with Crippen LogP contribution in [0.3, 0.4) is 0 Å². The second-order valence-electron chi connectivity index (χ2n) is 7.95. The van der Waals surface area contributed by atoms with Gasteiger partial charge in [-0.3, -0.25) is 9.48 Å². The molecule has 7 nitrogen and oxygen atoms in total. The summed E-state index contributed by atoms with van der Waals surface area (Å²) in [5.74, 6) is 1.36. The Morgan fingerprint density at radius 1 is 1.13 bits per heavy atom. The Morgan fingerprint density at radius 2 is 1.87 bits per heavy atom. The van der Waals surface area contributed by atoms with Gasteiger partial charge in [0.2, 0.25) is 5.91 Å². The molecule has 0 aliphatic heterocycles. The van der Waals surface area contributed by atoms with Crippen molar-refractivity contribution in [3.05, 3.63) is 59.2 Å². The van der Waals surface area contributed by atoms with E-state index >= 15 is 0 Å². The van der Waals surface area contributed by atoms with E-state index in [9.17, 15) is 4.79 Å². The predicted molar refractivity (Wildman–Crippen MR) is 117 cm³/mol. The van der Waals surface area contributed by atoms with Crippen molar-refractivity contribution in [2.24, 2.45) is 5.92 Å². The van der Waals surface area contributed by atoms with Crippen molar-refractivity contribution < 1.29 is 9.53 Å². The SMILES string of the molecule is COc1ccc(-n2ccc(CNC(=O)CCc3c(C)nn(CC(C)C)c3C)n2)cc1. The molecule has 3 aromatic rings. The summed E-state index contributed by atoms with van der Waals surface area (Å²) >= 11 is 0. The summed E-state index contributed by atoms with van der Waals surface area (Å²) < 4.78 is 9.02. The van der Waals surface area contributed by atoms with E-state index in [2.05, 4.69) is 41.0 Å². The monoisotopic (exact) mass is 409 g/mol. The van der Waals surface area contributed by atoms with Crippen LogP contribution in [-0.4, -0.2) is 32.6 Å². The molecular weight excluding hydrogens is 378 g/mol. The molecule has 0 unspecified atom stereocenters. The standard InChI is InChI=1S/C23H31N5O2/c1-16(2)15-28-18(4)22(17(3)25-28)10-11-23(29)24-14-19-12-13-27(26-19)20-6-8-21(30-5)9-7-20/h6-9,12-13,16H,10-11,14-15H2,1-5H3,(H,24,29). The molecule has 0 aliphatic carbocycles. The molecule has 0 radical (unpaired) electrons. The highest BCUT2D eigenvalue weighted by molar-refractivity contribution is 5.76. The minimum atomic E-state index is 0.0180. The Kier molecular flexibility index (Phi) is 6.92. The highest BCUT2D eigenvalue weighted by Crippen LogP contribution is 2.17. The number of ether oxygens (including phenoxy) is 1. The Bertz CT molecular complexity index is 986. The molecule has 160 valence electrons. The van der Waals surface area contributed by atoms with Gasteiger partial charge in [-0.25, -0.2) is 4.68 Å². The van der Waals surface area contributed by atoms with E-state index in [0.29, 0.717) is 25.3 Å². The smallest absolute Gasteiger partial charge is 0.220 e. The summed E-state index contributed by atoms with van der Waals surface area (Å²) in [5, 5.41) is 12.1. The first-order chi connectivity index (χ1) is 14.4. The Morgan fingerprint density at radius 3 is 2.53 bits per heavy atom. The zero-order valence-electron chi connectivity index (χ0n) is 18.5. The van der Waals surface area contributed by atoms with Crippen molar-refractivity contribution in [1.82, 2.24) is 24.9 Å². The fourth-order valence-electron chi connectivity index (χ4n) is 3.47. The number of nitrogens with one attached hydrogen (secondary N) is 1. The molecule has 1 N–H and O–H groups in total. The molecule has 30 heavy (non-hydrogen) atoms. The van der Waals surface area contributed by atoms with Gasteiger partial charge in [0.05, 0.1) is 30.7 Å². The summed E-state index contributed by atoms with van der Waals surface area (Å²) in [5.41, 5.74) is 5.11. The predicted octanol–water partition coefficient (Wildman–Crippen LogP) is 3.60. The van der Waals surface area contributed by atoms with Gasteiger partial charge >= 0.3 is 0 Å². The Hall–Kier alpha value is -3.09. The molecular formula is C23H31N5O2. The van der Waals surface area contributed by atoms with Crippen LogP contribution in [0, 0.1) is 19.8 Å². The van der Waals surface area contributed by atoms with E-state index < -0.39 is 0 Å². The van der Waals surface area contributed by atoms with Crippen LogP contribution in [0.25, 0.3) is 5.69 Å². The summed E-state index contributed by atoms with van der Waals surface area (Å²) in [4.78, 5) is 12.4. The van der Waals surface area contributed by atoms with E-state index in [1.807, 2.05) is 43.5 Å². The lowest BCUT2D eigenvalue weighted by Gasteiger charge is -2.08. The molecule has 0 atom stereocenters. The highest BCUT2D eigenvalue weighted by atomic mass is 16.5. The third kappa shape index (κ3) is 5.28. The summed E-state index contributed by atoms with van der Waals surface area (Å²) in [6, 6.07) is 9.59. The lowest BCUT2D eigenvalue weighted by atomic mass is 10.1. The number of carbonyl (C=O) groups excluding carboxylic acids is 1. The fourth-order valence-corrected chi connectivity index (χ4v) is 3.47. The molecule has 3 rings (SSSR count). The topological polar surface area (TPSA) is 74.0 Å². The van der Waals surface area contributed by atoms with Crippen LogP contribution in [0.15, 0.2) is 36.5 Å². The minimum Gasteiger partial charge on any atom is -0.497 e. The number of methoxy groups -OCH3 is 1. The first kappa shape index (κ1) is 21.6. The van der Waals surface area contributed by atoms with Crippen LogP contribution in [0.5, 0.6) is 5.75 Å². The van der Waals surface area contributed by atoms with Crippen LogP contribution in [0.2, 0.25) is 0 Å². The van der Waals surface area contributed by atoms with Gasteiger partial charge in [-0.2, -0.15) is 10.2 Å². The molecule has 0 fully saturated rings.